The van der Waals surface area contributed by atoms with Gasteiger partial charge in [-0.1, -0.05) is 48.9 Å². The molecule has 0 aliphatic carbocycles. The minimum Gasteiger partial charge on any atom is -0.508 e. The molecule has 0 aromatic heterocycles. The van der Waals surface area contributed by atoms with Gasteiger partial charge < -0.3 is 10.0 Å². The van der Waals surface area contributed by atoms with Crippen LogP contribution < -0.4 is 0 Å². The van der Waals surface area contributed by atoms with Gasteiger partial charge in [-0.2, -0.15) is 0 Å². The van der Waals surface area contributed by atoms with Crippen molar-refractivity contribution in [3.63, 3.8) is 0 Å². The molecule has 1 aliphatic rings. The number of benzene rings is 2. The molecule has 110 valence electrons. The first-order chi connectivity index (χ1) is 10.3. The lowest BCUT2D eigenvalue weighted by molar-refractivity contribution is 0.169. The molecule has 3 rings (SSSR count). The third-order valence-electron chi connectivity index (χ3n) is 4.60. The van der Waals surface area contributed by atoms with Crippen LogP contribution in [0.2, 0.25) is 0 Å². The molecule has 2 aromatic carbocycles. The molecule has 1 N–H and O–H groups in total. The Balaban J connectivity index is 2.02. The van der Waals surface area contributed by atoms with Gasteiger partial charge in [-0.15, -0.1) is 0 Å². The summed E-state index contributed by atoms with van der Waals surface area (Å²) in [6.45, 7) is 1.16. The topological polar surface area (TPSA) is 23.5 Å². The van der Waals surface area contributed by atoms with Crippen molar-refractivity contribution in [2.75, 3.05) is 13.6 Å². The highest BCUT2D eigenvalue weighted by Crippen LogP contribution is 2.36. The van der Waals surface area contributed by atoms with Gasteiger partial charge in [0.05, 0.1) is 0 Å². The van der Waals surface area contributed by atoms with Gasteiger partial charge in [0, 0.05) is 12.0 Å². The first kappa shape index (κ1) is 14.2. The second-order valence-electron chi connectivity index (χ2n) is 6.03. The van der Waals surface area contributed by atoms with Gasteiger partial charge >= 0.3 is 0 Å². The highest BCUT2D eigenvalue weighted by molar-refractivity contribution is 5.38. The molecule has 1 aliphatic heterocycles. The lowest BCUT2D eigenvalue weighted by Gasteiger charge is -2.38. The summed E-state index contributed by atoms with van der Waals surface area (Å²) in [6, 6.07) is 18.9. The van der Waals surface area contributed by atoms with E-state index in [0.29, 0.717) is 17.7 Å². The zero-order valence-electron chi connectivity index (χ0n) is 12.6. The molecule has 0 bridgehead atoms. The van der Waals surface area contributed by atoms with Crippen LogP contribution in [0.3, 0.4) is 0 Å². The van der Waals surface area contributed by atoms with Crippen molar-refractivity contribution < 1.29 is 5.11 Å². The largest absolute Gasteiger partial charge is 0.508 e. The molecule has 1 saturated heterocycles. The van der Waals surface area contributed by atoms with E-state index in [1.165, 1.54) is 30.4 Å². The third-order valence-corrected chi connectivity index (χ3v) is 4.60. The smallest absolute Gasteiger partial charge is 0.115 e. The van der Waals surface area contributed by atoms with Crippen LogP contribution in [0.1, 0.15) is 36.3 Å². The fourth-order valence-electron chi connectivity index (χ4n) is 3.54. The molecule has 0 amide bonds. The number of hydrogen-bond donors (Lipinski definition) is 1. The first-order valence-electron chi connectivity index (χ1n) is 7.80. The molecule has 2 nitrogen and oxygen atoms in total. The van der Waals surface area contributed by atoms with E-state index in [4.69, 9.17) is 0 Å². The second kappa shape index (κ2) is 6.31. The minimum atomic E-state index is 0.323. The quantitative estimate of drug-likeness (QED) is 0.919. The van der Waals surface area contributed by atoms with E-state index in [1.807, 2.05) is 12.1 Å². The van der Waals surface area contributed by atoms with Gasteiger partial charge in [0.15, 0.2) is 0 Å². The molecule has 0 saturated carbocycles. The molecule has 0 radical (unpaired) electrons. The van der Waals surface area contributed by atoms with E-state index in [0.717, 1.165) is 6.54 Å². The van der Waals surface area contributed by atoms with E-state index in [2.05, 4.69) is 48.3 Å². The normalized spacial score (nSPS) is 21.1. The molecule has 2 heteroatoms. The highest BCUT2D eigenvalue weighted by atomic mass is 16.3. The third kappa shape index (κ3) is 3.11. The Morgan fingerprint density at radius 2 is 1.76 bits per heavy atom. The van der Waals surface area contributed by atoms with Crippen LogP contribution in [-0.4, -0.2) is 29.6 Å². The van der Waals surface area contributed by atoms with Crippen LogP contribution in [0.25, 0.3) is 0 Å². The van der Waals surface area contributed by atoms with Crippen molar-refractivity contribution in [1.82, 2.24) is 4.90 Å². The molecular formula is C19H23NO. The average molecular weight is 281 g/mol. The maximum atomic E-state index is 9.86. The van der Waals surface area contributed by atoms with Crippen molar-refractivity contribution in [3.8, 4) is 5.75 Å². The van der Waals surface area contributed by atoms with E-state index >= 15 is 0 Å². The SMILES string of the molecule is CN1CCCC[C@H]1[C@H](c1ccccc1)c1cccc(O)c1. The Hall–Kier alpha value is -1.80. The van der Waals surface area contributed by atoms with Gasteiger partial charge in [0.1, 0.15) is 5.75 Å². The summed E-state index contributed by atoms with van der Waals surface area (Å²) in [4.78, 5) is 2.48. The maximum Gasteiger partial charge on any atom is 0.115 e. The van der Waals surface area contributed by atoms with Crippen molar-refractivity contribution in [2.45, 2.75) is 31.2 Å². The summed E-state index contributed by atoms with van der Waals surface area (Å²) in [5, 5.41) is 9.86. The molecule has 0 spiro atoms. The monoisotopic (exact) mass is 281 g/mol. The number of aromatic hydroxyl groups is 1. The Bertz CT molecular complexity index is 581. The number of phenolic OH excluding ortho intramolecular Hbond substituents is 1. The van der Waals surface area contributed by atoms with Crippen LogP contribution in [0, 0.1) is 0 Å². The fourth-order valence-corrected chi connectivity index (χ4v) is 3.54. The average Bonchev–Trinajstić information content (AvgIpc) is 2.51. The Morgan fingerprint density at radius 3 is 2.48 bits per heavy atom. The van der Waals surface area contributed by atoms with Crippen LogP contribution in [0.5, 0.6) is 5.75 Å². The van der Waals surface area contributed by atoms with Crippen molar-refractivity contribution >= 4 is 0 Å². The molecule has 0 unspecified atom stereocenters. The number of piperidine rings is 1. The molecular weight excluding hydrogens is 258 g/mol. The van der Waals surface area contributed by atoms with Gasteiger partial charge in [-0.3, -0.25) is 0 Å². The predicted octanol–water partition coefficient (Wildman–Crippen LogP) is 4.01. The zero-order chi connectivity index (χ0) is 14.7. The van der Waals surface area contributed by atoms with E-state index in [9.17, 15) is 5.11 Å². The van der Waals surface area contributed by atoms with Crippen molar-refractivity contribution in [2.24, 2.45) is 0 Å². The maximum absolute atomic E-state index is 9.86. The molecule has 1 fully saturated rings. The van der Waals surface area contributed by atoms with Gasteiger partial charge in [-0.05, 0) is 49.7 Å². The minimum absolute atomic E-state index is 0.323. The van der Waals surface area contributed by atoms with Gasteiger partial charge in [-0.25, -0.2) is 0 Å². The number of rotatable bonds is 3. The van der Waals surface area contributed by atoms with Crippen molar-refractivity contribution in [1.29, 1.82) is 0 Å². The fraction of sp³-hybridized carbons (Fsp3) is 0.368. The summed E-state index contributed by atoms with van der Waals surface area (Å²) in [6.07, 6.45) is 3.79. The van der Waals surface area contributed by atoms with Crippen LogP contribution in [0.15, 0.2) is 54.6 Å². The number of hydrogen-bond acceptors (Lipinski definition) is 2. The summed E-state index contributed by atoms with van der Waals surface area (Å²) in [5.74, 6) is 0.676. The molecule has 1 heterocycles. The first-order valence-corrected chi connectivity index (χ1v) is 7.80. The van der Waals surface area contributed by atoms with Gasteiger partial charge in [0.25, 0.3) is 0 Å². The number of nitrogens with zero attached hydrogens (tertiary/aromatic N) is 1. The van der Waals surface area contributed by atoms with Crippen LogP contribution in [-0.2, 0) is 0 Å². The zero-order valence-corrected chi connectivity index (χ0v) is 12.6. The summed E-state index contributed by atoms with van der Waals surface area (Å²) in [5.41, 5.74) is 2.54. The number of likely N-dealkylation sites (tertiary alicyclic amines) is 1. The molecule has 2 atom stereocenters. The lowest BCUT2D eigenvalue weighted by atomic mass is 9.80. The van der Waals surface area contributed by atoms with Gasteiger partial charge in [0.2, 0.25) is 0 Å². The summed E-state index contributed by atoms with van der Waals surface area (Å²) >= 11 is 0. The second-order valence-corrected chi connectivity index (χ2v) is 6.03. The van der Waals surface area contributed by atoms with Crippen LogP contribution in [0.4, 0.5) is 0 Å². The molecule has 2 aromatic rings. The lowest BCUT2D eigenvalue weighted by Crippen LogP contribution is -2.40. The predicted molar refractivity (Wildman–Crippen MR) is 86.7 cm³/mol. The summed E-state index contributed by atoms with van der Waals surface area (Å²) < 4.78 is 0. The highest BCUT2D eigenvalue weighted by Gasteiger charge is 2.30. The van der Waals surface area contributed by atoms with Crippen LogP contribution >= 0.6 is 0 Å². The Morgan fingerprint density at radius 1 is 1.00 bits per heavy atom. The Kier molecular flexibility index (Phi) is 4.26. The van der Waals surface area contributed by atoms with E-state index < -0.39 is 0 Å². The number of likely N-dealkylation sites (N-methyl/N-ethyl adjacent to an activating group) is 1. The Labute approximate surface area is 127 Å². The standard InChI is InChI=1S/C19H23NO/c1-20-13-6-5-12-18(20)19(15-8-3-2-4-9-15)16-10-7-11-17(21)14-16/h2-4,7-11,14,18-19,21H,5-6,12-13H2,1H3/t18-,19+/m0/s1. The number of phenols is 1. The summed E-state index contributed by atoms with van der Waals surface area (Å²) in [7, 11) is 2.22. The molecule has 21 heavy (non-hydrogen) atoms. The van der Waals surface area contributed by atoms with E-state index in [1.54, 1.807) is 6.07 Å². The van der Waals surface area contributed by atoms with E-state index in [-0.39, 0.29) is 0 Å². The van der Waals surface area contributed by atoms with Crippen molar-refractivity contribution in [3.05, 3.63) is 65.7 Å².